The number of hydrogen-bond acceptors (Lipinski definition) is 7. The summed E-state index contributed by atoms with van der Waals surface area (Å²) in [6.45, 7) is 6.94. The van der Waals surface area contributed by atoms with Gasteiger partial charge in [0.15, 0.2) is 0 Å². The van der Waals surface area contributed by atoms with Crippen LogP contribution in [0.1, 0.15) is 83.6 Å². The van der Waals surface area contributed by atoms with E-state index in [1.807, 2.05) is 29.2 Å². The summed E-state index contributed by atoms with van der Waals surface area (Å²) in [5, 5.41) is 14.2. The van der Waals surface area contributed by atoms with Crippen LogP contribution in [-0.2, 0) is 26.2 Å². The molecule has 11 heteroatoms. The van der Waals surface area contributed by atoms with Crippen LogP contribution in [0.25, 0.3) is 0 Å². The van der Waals surface area contributed by atoms with Crippen LogP contribution in [0.2, 0.25) is 0 Å². The van der Waals surface area contributed by atoms with Gasteiger partial charge >= 0.3 is 0 Å². The molecular formula is C35H50N4O6S. The highest BCUT2D eigenvalue weighted by Gasteiger charge is 2.54. The van der Waals surface area contributed by atoms with E-state index in [1.54, 1.807) is 31.2 Å². The first-order valence-electron chi connectivity index (χ1n) is 16.9. The van der Waals surface area contributed by atoms with Gasteiger partial charge in [-0.25, -0.2) is 8.42 Å². The first-order valence-corrected chi connectivity index (χ1v) is 18.7. The Labute approximate surface area is 274 Å². The van der Waals surface area contributed by atoms with Gasteiger partial charge in [0, 0.05) is 39.1 Å². The zero-order chi connectivity index (χ0) is 33.0. The number of ether oxygens (including phenoxy) is 1. The topological polar surface area (TPSA) is 119 Å². The Balaban J connectivity index is 1.18. The highest BCUT2D eigenvalue weighted by Crippen LogP contribution is 2.38. The van der Waals surface area contributed by atoms with E-state index in [2.05, 4.69) is 17.1 Å². The van der Waals surface area contributed by atoms with Crippen molar-refractivity contribution in [3.63, 3.8) is 0 Å². The van der Waals surface area contributed by atoms with Crippen LogP contribution in [0.4, 0.5) is 5.69 Å². The SMILES string of the molecule is CCCCN1C(=O)[C@@H](CC2(O)CCCCC2)NC(=O)C12CCN(Cc1ccc(Oc3ccc(N(CC)S(C)(=O)=O)cc3)cc1)CC2. The molecule has 1 atom stereocenters. The average molecular weight is 655 g/mol. The number of amides is 2. The molecule has 2 saturated heterocycles. The fourth-order valence-corrected chi connectivity index (χ4v) is 8.35. The fourth-order valence-electron chi connectivity index (χ4n) is 7.37. The van der Waals surface area contributed by atoms with Gasteiger partial charge in [-0.1, -0.05) is 44.7 Å². The molecule has 5 rings (SSSR count). The lowest BCUT2D eigenvalue weighted by molar-refractivity contribution is -0.163. The van der Waals surface area contributed by atoms with Crippen LogP contribution in [-0.4, -0.2) is 84.8 Å². The molecule has 0 unspecified atom stereocenters. The van der Waals surface area contributed by atoms with Crippen LogP contribution < -0.4 is 14.4 Å². The van der Waals surface area contributed by atoms with E-state index >= 15 is 0 Å². The molecule has 0 radical (unpaired) electrons. The number of nitrogens with one attached hydrogen (secondary N) is 1. The third kappa shape index (κ3) is 7.69. The quantitative estimate of drug-likeness (QED) is 0.337. The lowest BCUT2D eigenvalue weighted by atomic mass is 9.77. The number of unbranched alkanes of at least 4 members (excludes halogenated alkanes) is 1. The monoisotopic (exact) mass is 654 g/mol. The summed E-state index contributed by atoms with van der Waals surface area (Å²) in [5.74, 6) is 1.19. The summed E-state index contributed by atoms with van der Waals surface area (Å²) < 4.78 is 31.4. The summed E-state index contributed by atoms with van der Waals surface area (Å²) >= 11 is 0. The van der Waals surface area contributed by atoms with Gasteiger partial charge in [0.1, 0.15) is 23.1 Å². The van der Waals surface area contributed by atoms with Crippen LogP contribution in [0.15, 0.2) is 48.5 Å². The van der Waals surface area contributed by atoms with Crippen LogP contribution in [0.3, 0.4) is 0 Å². The van der Waals surface area contributed by atoms with Crippen molar-refractivity contribution in [2.75, 3.05) is 36.7 Å². The molecule has 0 bridgehead atoms. The van der Waals surface area contributed by atoms with Crippen molar-refractivity contribution in [2.45, 2.75) is 102 Å². The van der Waals surface area contributed by atoms with E-state index in [0.717, 1.165) is 44.2 Å². The van der Waals surface area contributed by atoms with E-state index in [1.165, 1.54) is 10.6 Å². The summed E-state index contributed by atoms with van der Waals surface area (Å²) in [7, 11) is -3.34. The number of hydrogen-bond donors (Lipinski definition) is 2. The number of piperidine rings is 1. The number of likely N-dealkylation sites (tertiary alicyclic amines) is 1. The van der Waals surface area contributed by atoms with Crippen LogP contribution in [0.5, 0.6) is 11.5 Å². The Morgan fingerprint density at radius 2 is 1.54 bits per heavy atom. The van der Waals surface area contributed by atoms with Gasteiger partial charge in [0.2, 0.25) is 21.8 Å². The maximum Gasteiger partial charge on any atom is 0.246 e. The number of benzene rings is 2. The van der Waals surface area contributed by atoms with E-state index < -0.39 is 27.2 Å². The molecule has 46 heavy (non-hydrogen) atoms. The first-order chi connectivity index (χ1) is 22.0. The molecule has 1 spiro atoms. The van der Waals surface area contributed by atoms with Gasteiger partial charge < -0.3 is 20.1 Å². The predicted octanol–water partition coefficient (Wildman–Crippen LogP) is 4.81. The van der Waals surface area contributed by atoms with E-state index in [-0.39, 0.29) is 11.8 Å². The van der Waals surface area contributed by atoms with Crippen molar-refractivity contribution in [3.8, 4) is 11.5 Å². The highest BCUT2D eigenvalue weighted by molar-refractivity contribution is 7.92. The summed E-state index contributed by atoms with van der Waals surface area (Å²) in [5.41, 5.74) is 0.00498. The number of nitrogens with zero attached hydrogens (tertiary/aromatic N) is 3. The number of anilines is 1. The normalized spacial score (nSPS) is 21.7. The van der Waals surface area contributed by atoms with Gasteiger partial charge in [-0.2, -0.15) is 0 Å². The number of carbonyl (C=O) groups is 2. The third-order valence-electron chi connectivity index (χ3n) is 9.97. The zero-order valence-electron chi connectivity index (χ0n) is 27.5. The highest BCUT2D eigenvalue weighted by atomic mass is 32.2. The Hall–Kier alpha value is -3.15. The molecule has 252 valence electrons. The molecule has 2 aromatic carbocycles. The second-order valence-corrected chi connectivity index (χ2v) is 15.2. The minimum absolute atomic E-state index is 0.0381. The molecule has 1 saturated carbocycles. The van der Waals surface area contributed by atoms with Crippen molar-refractivity contribution in [1.29, 1.82) is 0 Å². The lowest BCUT2D eigenvalue weighted by Crippen LogP contribution is -2.73. The van der Waals surface area contributed by atoms with Crippen molar-refractivity contribution in [1.82, 2.24) is 15.1 Å². The number of aliphatic hydroxyl groups is 1. The molecule has 2 amide bonds. The van der Waals surface area contributed by atoms with E-state index in [0.29, 0.717) is 75.5 Å². The second kappa shape index (κ2) is 14.3. The third-order valence-corrected chi connectivity index (χ3v) is 11.2. The maximum absolute atomic E-state index is 13.9. The van der Waals surface area contributed by atoms with Crippen LogP contribution >= 0.6 is 0 Å². The largest absolute Gasteiger partial charge is 0.457 e. The molecule has 2 aliphatic heterocycles. The summed E-state index contributed by atoms with van der Waals surface area (Å²) in [6.07, 6.45) is 8.84. The maximum atomic E-state index is 13.9. The Morgan fingerprint density at radius 3 is 2.11 bits per heavy atom. The van der Waals surface area contributed by atoms with Gasteiger partial charge in [0.05, 0.1) is 17.5 Å². The fraction of sp³-hybridized carbons (Fsp3) is 0.600. The number of rotatable bonds is 12. The first kappa shape index (κ1) is 34.2. The predicted molar refractivity (Wildman–Crippen MR) is 179 cm³/mol. The smallest absolute Gasteiger partial charge is 0.246 e. The van der Waals surface area contributed by atoms with Crippen molar-refractivity contribution in [3.05, 3.63) is 54.1 Å². The van der Waals surface area contributed by atoms with Crippen LogP contribution in [0, 0.1) is 0 Å². The molecule has 3 fully saturated rings. The average Bonchev–Trinajstić information content (AvgIpc) is 3.02. The minimum atomic E-state index is -3.34. The summed E-state index contributed by atoms with van der Waals surface area (Å²) in [4.78, 5) is 31.8. The Morgan fingerprint density at radius 1 is 0.935 bits per heavy atom. The number of piperazine rings is 1. The molecule has 0 aromatic heterocycles. The van der Waals surface area contributed by atoms with E-state index in [4.69, 9.17) is 4.74 Å². The lowest BCUT2D eigenvalue weighted by Gasteiger charge is -2.52. The molecule has 10 nitrogen and oxygen atoms in total. The molecule has 2 aromatic rings. The van der Waals surface area contributed by atoms with Crippen molar-refractivity contribution < 1.29 is 27.9 Å². The van der Waals surface area contributed by atoms with Crippen molar-refractivity contribution >= 4 is 27.5 Å². The van der Waals surface area contributed by atoms with Gasteiger partial charge in [-0.3, -0.25) is 18.8 Å². The number of sulfonamides is 1. The molecular weight excluding hydrogens is 604 g/mol. The minimum Gasteiger partial charge on any atom is -0.457 e. The Kier molecular flexibility index (Phi) is 10.6. The second-order valence-electron chi connectivity index (χ2n) is 13.3. The van der Waals surface area contributed by atoms with E-state index in [9.17, 15) is 23.1 Å². The number of carbonyl (C=O) groups excluding carboxylic acids is 2. The van der Waals surface area contributed by atoms with Gasteiger partial charge in [-0.05, 0) is 81.0 Å². The molecule has 3 aliphatic rings. The molecule has 1 aliphatic carbocycles. The van der Waals surface area contributed by atoms with Gasteiger partial charge in [0.25, 0.3) is 0 Å². The van der Waals surface area contributed by atoms with Gasteiger partial charge in [-0.15, -0.1) is 0 Å². The standard InChI is InChI=1S/C35H50N4O6S/c1-4-6-22-38-32(40)31(25-34(42)18-8-7-9-19-34)36-33(41)35(38)20-23-37(24-21-35)26-27-10-14-29(15-11-27)45-30-16-12-28(13-17-30)39(5-2)46(3,43)44/h10-17,31,42H,4-9,18-26H2,1-3H3,(H,36,41)/t31-/m1/s1. The molecule has 2 N–H and O–H groups in total. The zero-order valence-corrected chi connectivity index (χ0v) is 28.4. The Bertz CT molecular complexity index is 1450. The summed E-state index contributed by atoms with van der Waals surface area (Å²) in [6, 6.07) is 14.2. The molecule has 2 heterocycles. The van der Waals surface area contributed by atoms with Crippen molar-refractivity contribution in [2.24, 2.45) is 0 Å².